The van der Waals surface area contributed by atoms with Crippen molar-refractivity contribution in [2.75, 3.05) is 19.6 Å². The molecule has 5 nitrogen and oxygen atoms in total. The summed E-state index contributed by atoms with van der Waals surface area (Å²) in [4.78, 5) is 6.89. The van der Waals surface area contributed by atoms with Gasteiger partial charge < -0.3 is 9.84 Å². The third-order valence-corrected chi connectivity index (χ3v) is 4.32. The van der Waals surface area contributed by atoms with Gasteiger partial charge in [0.25, 0.3) is 0 Å². The van der Waals surface area contributed by atoms with Gasteiger partial charge in [0.05, 0.1) is 6.54 Å². The van der Waals surface area contributed by atoms with Crippen molar-refractivity contribution in [2.45, 2.75) is 58.0 Å². The molecule has 1 aromatic heterocycles. The standard InChI is InChI=1S/C15H26N4O/c1-11(2)15-17-14(18-20-15)10-19-7-5-13(6-8-19)16-9-12-3-4-12/h11-13,16H,3-10H2,1-2H3. The second kappa shape index (κ2) is 6.22. The molecule has 1 saturated carbocycles. The molecule has 112 valence electrons. The molecule has 1 saturated heterocycles. The number of piperidine rings is 1. The molecule has 0 unspecified atom stereocenters. The van der Waals surface area contributed by atoms with Crippen LogP contribution in [0.5, 0.6) is 0 Å². The number of hydrogen-bond donors (Lipinski definition) is 1. The minimum absolute atomic E-state index is 0.314. The monoisotopic (exact) mass is 278 g/mol. The largest absolute Gasteiger partial charge is 0.339 e. The van der Waals surface area contributed by atoms with Gasteiger partial charge in [-0.25, -0.2) is 0 Å². The summed E-state index contributed by atoms with van der Waals surface area (Å²) in [6.45, 7) is 8.48. The van der Waals surface area contributed by atoms with Crippen LogP contribution in [0, 0.1) is 5.92 Å². The van der Waals surface area contributed by atoms with Crippen LogP contribution in [0.1, 0.15) is 57.2 Å². The molecule has 0 spiro atoms. The van der Waals surface area contributed by atoms with Gasteiger partial charge in [0, 0.05) is 25.0 Å². The molecule has 0 amide bonds. The lowest BCUT2D eigenvalue weighted by atomic mass is 10.0. The Hall–Kier alpha value is -0.940. The number of aromatic nitrogens is 2. The van der Waals surface area contributed by atoms with E-state index in [1.54, 1.807) is 0 Å². The summed E-state index contributed by atoms with van der Waals surface area (Å²) < 4.78 is 5.26. The van der Waals surface area contributed by atoms with E-state index in [0.29, 0.717) is 12.0 Å². The van der Waals surface area contributed by atoms with E-state index in [9.17, 15) is 0 Å². The lowest BCUT2D eigenvalue weighted by Gasteiger charge is -2.31. The van der Waals surface area contributed by atoms with Crippen LogP contribution >= 0.6 is 0 Å². The highest BCUT2D eigenvalue weighted by Gasteiger charge is 2.25. The zero-order chi connectivity index (χ0) is 13.9. The van der Waals surface area contributed by atoms with Crippen LogP contribution in [0.3, 0.4) is 0 Å². The molecule has 0 radical (unpaired) electrons. The molecule has 2 aliphatic rings. The maximum atomic E-state index is 5.26. The van der Waals surface area contributed by atoms with Crippen molar-refractivity contribution < 1.29 is 4.52 Å². The van der Waals surface area contributed by atoms with Crippen LogP contribution in [0.15, 0.2) is 4.52 Å². The fraction of sp³-hybridized carbons (Fsp3) is 0.867. The molecule has 0 atom stereocenters. The van der Waals surface area contributed by atoms with E-state index in [1.165, 1.54) is 32.2 Å². The first-order valence-electron chi connectivity index (χ1n) is 7.99. The highest BCUT2D eigenvalue weighted by Crippen LogP contribution is 2.28. The van der Waals surface area contributed by atoms with E-state index >= 15 is 0 Å². The zero-order valence-corrected chi connectivity index (χ0v) is 12.6. The van der Waals surface area contributed by atoms with Gasteiger partial charge >= 0.3 is 0 Å². The highest BCUT2D eigenvalue weighted by molar-refractivity contribution is 4.91. The summed E-state index contributed by atoms with van der Waals surface area (Å²) in [5, 5.41) is 7.79. The van der Waals surface area contributed by atoms with Gasteiger partial charge in [0.15, 0.2) is 5.82 Å². The molecule has 1 N–H and O–H groups in total. The first-order chi connectivity index (χ1) is 9.70. The van der Waals surface area contributed by atoms with Crippen molar-refractivity contribution >= 4 is 0 Å². The van der Waals surface area contributed by atoms with E-state index in [-0.39, 0.29) is 0 Å². The summed E-state index contributed by atoms with van der Waals surface area (Å²) in [6.07, 6.45) is 5.34. The molecule has 2 fully saturated rings. The van der Waals surface area contributed by atoms with Crippen molar-refractivity contribution in [3.63, 3.8) is 0 Å². The van der Waals surface area contributed by atoms with Crippen LogP contribution in [0.4, 0.5) is 0 Å². The maximum absolute atomic E-state index is 5.26. The van der Waals surface area contributed by atoms with Gasteiger partial charge in [-0.3, -0.25) is 4.90 Å². The average Bonchev–Trinajstić information content (AvgIpc) is 3.15. The quantitative estimate of drug-likeness (QED) is 0.864. The second-order valence-electron chi connectivity index (χ2n) is 6.61. The molecule has 0 bridgehead atoms. The third kappa shape index (κ3) is 3.79. The number of hydrogen-bond acceptors (Lipinski definition) is 5. The van der Waals surface area contributed by atoms with E-state index < -0.39 is 0 Å². The molecular formula is C15H26N4O. The number of rotatable bonds is 6. The number of likely N-dealkylation sites (tertiary alicyclic amines) is 1. The molecule has 2 heterocycles. The Morgan fingerprint density at radius 2 is 2.00 bits per heavy atom. The molecule has 1 aliphatic carbocycles. The fourth-order valence-corrected chi connectivity index (χ4v) is 2.72. The zero-order valence-electron chi connectivity index (χ0n) is 12.6. The van der Waals surface area contributed by atoms with E-state index in [0.717, 1.165) is 37.3 Å². The molecule has 1 aromatic rings. The van der Waals surface area contributed by atoms with Crippen LogP contribution < -0.4 is 5.32 Å². The van der Waals surface area contributed by atoms with Crippen LogP contribution in [-0.4, -0.2) is 40.7 Å². The van der Waals surface area contributed by atoms with Gasteiger partial charge in [0.1, 0.15) is 0 Å². The highest BCUT2D eigenvalue weighted by atomic mass is 16.5. The minimum atomic E-state index is 0.314. The number of nitrogens with zero attached hydrogens (tertiary/aromatic N) is 3. The van der Waals surface area contributed by atoms with Gasteiger partial charge in [-0.15, -0.1) is 0 Å². The SMILES string of the molecule is CC(C)c1nc(CN2CCC(NCC3CC3)CC2)no1. The van der Waals surface area contributed by atoms with E-state index in [2.05, 4.69) is 34.2 Å². The maximum Gasteiger partial charge on any atom is 0.229 e. The summed E-state index contributed by atoms with van der Waals surface area (Å²) in [7, 11) is 0. The average molecular weight is 278 g/mol. The van der Waals surface area contributed by atoms with Gasteiger partial charge in [-0.05, 0) is 38.1 Å². The first-order valence-corrected chi connectivity index (χ1v) is 7.99. The van der Waals surface area contributed by atoms with Gasteiger partial charge in [0.2, 0.25) is 5.89 Å². The second-order valence-corrected chi connectivity index (χ2v) is 6.61. The predicted octanol–water partition coefficient (Wildman–Crippen LogP) is 2.16. The van der Waals surface area contributed by atoms with E-state index in [4.69, 9.17) is 4.52 Å². The lowest BCUT2D eigenvalue weighted by Crippen LogP contribution is -2.42. The normalized spacial score (nSPS) is 21.8. The van der Waals surface area contributed by atoms with Crippen molar-refractivity contribution in [3.05, 3.63) is 11.7 Å². The molecule has 0 aromatic carbocycles. The van der Waals surface area contributed by atoms with Crippen molar-refractivity contribution in [1.29, 1.82) is 0 Å². The predicted molar refractivity (Wildman–Crippen MR) is 77.4 cm³/mol. The minimum Gasteiger partial charge on any atom is -0.339 e. The van der Waals surface area contributed by atoms with Gasteiger partial charge in [-0.2, -0.15) is 4.98 Å². The van der Waals surface area contributed by atoms with Crippen LogP contribution in [0.25, 0.3) is 0 Å². The van der Waals surface area contributed by atoms with E-state index in [1.807, 2.05) is 0 Å². The molecule has 1 aliphatic heterocycles. The summed E-state index contributed by atoms with van der Waals surface area (Å²) in [6, 6.07) is 0.711. The van der Waals surface area contributed by atoms with Crippen LogP contribution in [0.2, 0.25) is 0 Å². The Kier molecular flexibility index (Phi) is 4.36. The summed E-state index contributed by atoms with van der Waals surface area (Å²) >= 11 is 0. The molecule has 3 rings (SSSR count). The summed E-state index contributed by atoms with van der Waals surface area (Å²) in [5.41, 5.74) is 0. The molecule has 20 heavy (non-hydrogen) atoms. The Labute approximate surface area is 121 Å². The summed E-state index contributed by atoms with van der Waals surface area (Å²) in [5.74, 6) is 2.87. The Morgan fingerprint density at radius 1 is 1.25 bits per heavy atom. The Balaban J connectivity index is 1.40. The lowest BCUT2D eigenvalue weighted by molar-refractivity contribution is 0.184. The van der Waals surface area contributed by atoms with Crippen molar-refractivity contribution in [1.82, 2.24) is 20.4 Å². The third-order valence-electron chi connectivity index (χ3n) is 4.32. The van der Waals surface area contributed by atoms with Crippen molar-refractivity contribution in [3.8, 4) is 0 Å². The first kappa shape index (κ1) is 14.0. The smallest absolute Gasteiger partial charge is 0.229 e. The topological polar surface area (TPSA) is 54.2 Å². The van der Waals surface area contributed by atoms with Crippen molar-refractivity contribution in [2.24, 2.45) is 5.92 Å². The fourth-order valence-electron chi connectivity index (χ4n) is 2.72. The van der Waals surface area contributed by atoms with Crippen LogP contribution in [-0.2, 0) is 6.54 Å². The number of nitrogens with one attached hydrogen (secondary N) is 1. The Morgan fingerprint density at radius 3 is 2.60 bits per heavy atom. The molecule has 5 heteroatoms. The molecular weight excluding hydrogens is 252 g/mol. The Bertz CT molecular complexity index is 419. The van der Waals surface area contributed by atoms with Gasteiger partial charge in [-0.1, -0.05) is 19.0 Å².